The summed E-state index contributed by atoms with van der Waals surface area (Å²) in [5.74, 6) is 4.69. The summed E-state index contributed by atoms with van der Waals surface area (Å²) in [7, 11) is 0. The van der Waals surface area contributed by atoms with E-state index in [9.17, 15) is 14.7 Å². The van der Waals surface area contributed by atoms with Crippen molar-refractivity contribution in [2.24, 2.45) is 0 Å². The number of aliphatic hydroxyl groups excluding tert-OH is 1. The summed E-state index contributed by atoms with van der Waals surface area (Å²) in [6.07, 6.45) is 2.41. The lowest BCUT2D eigenvalue weighted by molar-refractivity contribution is -0.133. The van der Waals surface area contributed by atoms with Crippen molar-refractivity contribution in [3.05, 3.63) is 76.9 Å². The molecule has 2 atom stereocenters. The predicted octanol–water partition coefficient (Wildman–Crippen LogP) is 1.57. The van der Waals surface area contributed by atoms with Gasteiger partial charge >= 0.3 is 0 Å². The van der Waals surface area contributed by atoms with Crippen molar-refractivity contribution in [1.82, 2.24) is 15.7 Å². The Morgan fingerprint density at radius 1 is 1.12 bits per heavy atom. The molecule has 8 heteroatoms. The van der Waals surface area contributed by atoms with E-state index in [4.69, 9.17) is 9.94 Å². The standard InChI is InChI=1S/C26H29N3O5/c1-19(30)24(26(32)28-33)27-25(31)23-12-10-21(11-13-23)5-3-2-4-20-6-8-22(9-7-20)18-29-14-16-34-17-15-29/h3,5-13,19,24,30,33H,14-18H2,1H3,(H,27,31)(H,28,32)/t19-,24-/m0/s1. The van der Waals surface area contributed by atoms with E-state index in [0.29, 0.717) is 5.56 Å². The topological polar surface area (TPSA) is 111 Å². The van der Waals surface area contributed by atoms with E-state index in [1.165, 1.54) is 18.0 Å². The second kappa shape index (κ2) is 12.7. The van der Waals surface area contributed by atoms with Crippen LogP contribution >= 0.6 is 0 Å². The van der Waals surface area contributed by atoms with Gasteiger partial charge in [-0.05, 0) is 54.5 Å². The molecule has 178 valence electrons. The fourth-order valence-electron chi connectivity index (χ4n) is 3.42. The first-order chi connectivity index (χ1) is 16.5. The van der Waals surface area contributed by atoms with Gasteiger partial charge in [0, 0.05) is 30.8 Å². The van der Waals surface area contributed by atoms with Crippen LogP contribution in [0.2, 0.25) is 0 Å². The van der Waals surface area contributed by atoms with Crippen molar-refractivity contribution in [1.29, 1.82) is 0 Å². The second-order valence-corrected chi connectivity index (χ2v) is 7.98. The van der Waals surface area contributed by atoms with E-state index in [-0.39, 0.29) is 0 Å². The number of benzene rings is 2. The molecule has 1 aliphatic rings. The van der Waals surface area contributed by atoms with Gasteiger partial charge in [-0.2, -0.15) is 0 Å². The van der Waals surface area contributed by atoms with Crippen molar-refractivity contribution in [3.8, 4) is 11.8 Å². The Labute approximate surface area is 199 Å². The van der Waals surface area contributed by atoms with Crippen molar-refractivity contribution >= 4 is 17.9 Å². The van der Waals surface area contributed by atoms with Crippen molar-refractivity contribution < 1.29 is 24.6 Å². The third-order valence-corrected chi connectivity index (χ3v) is 5.37. The fraction of sp³-hybridized carbons (Fsp3) is 0.308. The number of hydrogen-bond acceptors (Lipinski definition) is 6. The molecule has 0 saturated carbocycles. The van der Waals surface area contributed by atoms with Gasteiger partial charge in [-0.15, -0.1) is 0 Å². The minimum atomic E-state index is -1.26. The van der Waals surface area contributed by atoms with Gasteiger partial charge in [-0.1, -0.05) is 36.1 Å². The van der Waals surface area contributed by atoms with Gasteiger partial charge in [-0.25, -0.2) is 5.48 Å². The van der Waals surface area contributed by atoms with Crippen molar-refractivity contribution in [2.75, 3.05) is 26.3 Å². The first-order valence-corrected chi connectivity index (χ1v) is 11.1. The number of allylic oxidation sites excluding steroid dienone is 1. The molecule has 1 heterocycles. The van der Waals surface area contributed by atoms with Gasteiger partial charge in [0.1, 0.15) is 6.04 Å². The molecule has 0 radical (unpaired) electrons. The third kappa shape index (κ3) is 7.54. The number of morpholine rings is 1. The molecule has 0 aromatic heterocycles. The number of amides is 2. The van der Waals surface area contributed by atoms with Crippen LogP contribution in [0.4, 0.5) is 0 Å². The van der Waals surface area contributed by atoms with Gasteiger partial charge in [0.25, 0.3) is 11.8 Å². The molecule has 0 spiro atoms. The zero-order chi connectivity index (χ0) is 24.3. The first kappa shape index (κ1) is 25.1. The molecule has 2 amide bonds. The Morgan fingerprint density at radius 3 is 2.41 bits per heavy atom. The number of carbonyl (C=O) groups is 2. The predicted molar refractivity (Wildman–Crippen MR) is 128 cm³/mol. The van der Waals surface area contributed by atoms with Crippen LogP contribution in [-0.2, 0) is 16.1 Å². The van der Waals surface area contributed by atoms with E-state index < -0.39 is 24.0 Å². The summed E-state index contributed by atoms with van der Waals surface area (Å²) in [6, 6.07) is 13.7. The molecule has 8 nitrogen and oxygen atoms in total. The van der Waals surface area contributed by atoms with Crippen LogP contribution in [0.1, 0.15) is 34.0 Å². The van der Waals surface area contributed by atoms with Crippen molar-refractivity contribution in [3.63, 3.8) is 0 Å². The Morgan fingerprint density at radius 2 is 1.79 bits per heavy atom. The maximum Gasteiger partial charge on any atom is 0.268 e. The lowest BCUT2D eigenvalue weighted by Crippen LogP contribution is -2.51. The molecule has 0 unspecified atom stereocenters. The van der Waals surface area contributed by atoms with Crippen LogP contribution in [0.5, 0.6) is 0 Å². The average Bonchev–Trinajstić information content (AvgIpc) is 2.86. The van der Waals surface area contributed by atoms with Crippen LogP contribution in [-0.4, -0.2) is 65.5 Å². The smallest absolute Gasteiger partial charge is 0.268 e. The summed E-state index contributed by atoms with van der Waals surface area (Å²) < 4.78 is 5.38. The summed E-state index contributed by atoms with van der Waals surface area (Å²) >= 11 is 0. The minimum Gasteiger partial charge on any atom is -0.391 e. The molecule has 4 N–H and O–H groups in total. The van der Waals surface area contributed by atoms with E-state index in [2.05, 4.69) is 34.2 Å². The van der Waals surface area contributed by atoms with Crippen LogP contribution in [0.25, 0.3) is 6.08 Å². The van der Waals surface area contributed by atoms with Gasteiger partial charge < -0.3 is 15.2 Å². The molecule has 1 aliphatic heterocycles. The molecule has 2 aromatic carbocycles. The van der Waals surface area contributed by atoms with Crippen LogP contribution < -0.4 is 10.8 Å². The number of aliphatic hydroxyl groups is 1. The van der Waals surface area contributed by atoms with Crippen molar-refractivity contribution in [2.45, 2.75) is 25.6 Å². The lowest BCUT2D eigenvalue weighted by atomic mass is 10.1. The zero-order valence-corrected chi connectivity index (χ0v) is 19.0. The number of nitrogens with zero attached hydrogens (tertiary/aromatic N) is 1. The van der Waals surface area contributed by atoms with E-state index >= 15 is 0 Å². The van der Waals surface area contributed by atoms with E-state index in [1.54, 1.807) is 30.3 Å². The molecule has 1 saturated heterocycles. The SMILES string of the molecule is C[C@H](O)[C@H](NC(=O)c1ccc(C=CC#Cc2ccc(CN3CCOCC3)cc2)cc1)C(=O)NO. The highest BCUT2D eigenvalue weighted by Crippen LogP contribution is 2.10. The highest BCUT2D eigenvalue weighted by molar-refractivity contribution is 5.97. The highest BCUT2D eigenvalue weighted by atomic mass is 16.5. The summed E-state index contributed by atoms with van der Waals surface area (Å²) in [5, 5.41) is 20.7. The van der Waals surface area contributed by atoms with Gasteiger partial charge in [0.05, 0.1) is 19.3 Å². The Balaban J connectivity index is 1.52. The number of nitrogens with one attached hydrogen (secondary N) is 2. The molecule has 2 aromatic rings. The Hall–Kier alpha value is -3.48. The normalized spacial score (nSPS) is 15.7. The zero-order valence-electron chi connectivity index (χ0n) is 19.0. The first-order valence-electron chi connectivity index (χ1n) is 11.1. The molecular weight excluding hydrogens is 434 g/mol. The quantitative estimate of drug-likeness (QED) is 0.282. The highest BCUT2D eigenvalue weighted by Gasteiger charge is 2.25. The molecule has 34 heavy (non-hydrogen) atoms. The second-order valence-electron chi connectivity index (χ2n) is 7.98. The molecular formula is C26H29N3O5. The lowest BCUT2D eigenvalue weighted by Gasteiger charge is -2.26. The maximum absolute atomic E-state index is 12.3. The third-order valence-electron chi connectivity index (χ3n) is 5.37. The summed E-state index contributed by atoms with van der Waals surface area (Å²) in [6.45, 7) is 5.76. The maximum atomic E-state index is 12.3. The Kier molecular flexibility index (Phi) is 9.38. The number of ether oxygens (including phenoxy) is 1. The molecule has 0 bridgehead atoms. The van der Waals surface area contributed by atoms with Crippen LogP contribution in [0.3, 0.4) is 0 Å². The van der Waals surface area contributed by atoms with Gasteiger partial charge in [-0.3, -0.25) is 19.7 Å². The number of carbonyl (C=O) groups excluding carboxylic acids is 2. The van der Waals surface area contributed by atoms with E-state index in [0.717, 1.165) is 44.0 Å². The molecule has 1 fully saturated rings. The Bertz CT molecular complexity index is 1050. The summed E-state index contributed by atoms with van der Waals surface area (Å²) in [5.41, 5.74) is 4.79. The van der Waals surface area contributed by atoms with Crippen LogP contribution in [0.15, 0.2) is 54.6 Å². The molecule has 3 rings (SSSR count). The van der Waals surface area contributed by atoms with E-state index in [1.807, 2.05) is 18.2 Å². The van der Waals surface area contributed by atoms with Gasteiger partial charge in [0.15, 0.2) is 0 Å². The summed E-state index contributed by atoms with van der Waals surface area (Å²) in [4.78, 5) is 26.2. The number of rotatable bonds is 7. The number of hydroxylamine groups is 1. The monoisotopic (exact) mass is 463 g/mol. The fourth-order valence-corrected chi connectivity index (χ4v) is 3.42. The average molecular weight is 464 g/mol. The number of hydrogen-bond donors (Lipinski definition) is 4. The molecule has 0 aliphatic carbocycles. The largest absolute Gasteiger partial charge is 0.391 e. The minimum absolute atomic E-state index is 0.316. The van der Waals surface area contributed by atoms with Gasteiger partial charge in [0.2, 0.25) is 0 Å². The van der Waals surface area contributed by atoms with Crippen LogP contribution in [0, 0.1) is 11.8 Å².